The molecular weight excluding hydrogens is 463 g/mol. The lowest BCUT2D eigenvalue weighted by Crippen LogP contribution is -2.48. The van der Waals surface area contributed by atoms with Crippen LogP contribution in [0.25, 0.3) is 11.1 Å². The third-order valence-corrected chi connectivity index (χ3v) is 6.30. The number of fused-ring (bicyclic) bond motifs is 3. The van der Waals surface area contributed by atoms with Crippen molar-refractivity contribution in [3.63, 3.8) is 0 Å². The van der Waals surface area contributed by atoms with Crippen LogP contribution in [-0.4, -0.2) is 56.8 Å². The number of carbonyl (C=O) groups excluding carboxylic acids is 2. The maximum atomic E-state index is 13.5. The van der Waals surface area contributed by atoms with Crippen LogP contribution in [0.4, 0.5) is 19.0 Å². The van der Waals surface area contributed by atoms with Crippen LogP contribution in [0.2, 0.25) is 0 Å². The van der Waals surface area contributed by atoms with E-state index in [-0.39, 0.29) is 17.7 Å². The van der Waals surface area contributed by atoms with Crippen molar-refractivity contribution in [2.45, 2.75) is 51.1 Å². The van der Waals surface area contributed by atoms with Gasteiger partial charge >= 0.3 is 6.18 Å². The molecule has 2 unspecified atom stereocenters. The van der Waals surface area contributed by atoms with E-state index in [0.29, 0.717) is 41.2 Å². The van der Waals surface area contributed by atoms with Gasteiger partial charge < -0.3 is 15.0 Å². The molecular formula is C24H24F3N5O3. The first-order chi connectivity index (χ1) is 16.7. The fourth-order valence-electron chi connectivity index (χ4n) is 4.80. The Morgan fingerprint density at radius 2 is 2.11 bits per heavy atom. The van der Waals surface area contributed by atoms with Crippen molar-refractivity contribution in [2.24, 2.45) is 0 Å². The van der Waals surface area contributed by atoms with Crippen LogP contribution in [0.3, 0.4) is 0 Å². The number of hydrogen-bond donors (Lipinski definition) is 1. The second-order valence-electron chi connectivity index (χ2n) is 8.82. The van der Waals surface area contributed by atoms with Gasteiger partial charge in [0.15, 0.2) is 0 Å². The lowest BCUT2D eigenvalue weighted by molar-refractivity contribution is -0.141. The number of alkyl halides is 3. The van der Waals surface area contributed by atoms with Gasteiger partial charge in [0.05, 0.1) is 11.6 Å². The lowest BCUT2D eigenvalue weighted by Gasteiger charge is -2.37. The molecule has 4 heterocycles. The molecule has 1 N–H and O–H groups in total. The van der Waals surface area contributed by atoms with Crippen LogP contribution < -0.4 is 5.32 Å². The molecule has 2 aromatic heterocycles. The normalized spacial score (nSPS) is 22.2. The zero-order chi connectivity index (χ0) is 24.7. The molecule has 11 heteroatoms. The number of pyridine rings is 1. The molecule has 0 aromatic carbocycles. The quantitative estimate of drug-likeness (QED) is 0.699. The Hall–Kier alpha value is -3.47. The third-order valence-electron chi connectivity index (χ3n) is 6.30. The van der Waals surface area contributed by atoms with Crippen molar-refractivity contribution < 1.29 is 27.5 Å². The predicted molar refractivity (Wildman–Crippen MR) is 121 cm³/mol. The Morgan fingerprint density at radius 1 is 1.29 bits per heavy atom. The number of nitrogens with zero attached hydrogens (tertiary/aromatic N) is 4. The monoisotopic (exact) mass is 487 g/mol. The molecule has 2 amide bonds. The fraction of sp³-hybridized carbons (Fsp3) is 0.417. The number of carbonyl (C=O) groups is 2. The van der Waals surface area contributed by atoms with E-state index < -0.39 is 24.7 Å². The molecule has 5 rings (SSSR count). The Balaban J connectivity index is 1.56. The molecule has 2 aromatic rings. The average Bonchev–Trinajstić information content (AvgIpc) is 3.27. The van der Waals surface area contributed by atoms with Crippen molar-refractivity contribution in [3.8, 4) is 0 Å². The molecule has 2 aliphatic heterocycles. The average molecular weight is 487 g/mol. The molecule has 1 aliphatic carbocycles. The number of anilines is 1. The van der Waals surface area contributed by atoms with Gasteiger partial charge in [-0.05, 0) is 43.4 Å². The molecule has 0 spiro atoms. The van der Waals surface area contributed by atoms with Crippen LogP contribution in [0.5, 0.6) is 0 Å². The Bertz CT molecular complexity index is 1230. The summed E-state index contributed by atoms with van der Waals surface area (Å²) < 4.78 is 47.9. The van der Waals surface area contributed by atoms with Crippen molar-refractivity contribution in [1.29, 1.82) is 0 Å². The number of halogens is 3. The van der Waals surface area contributed by atoms with E-state index in [1.807, 2.05) is 0 Å². The maximum absolute atomic E-state index is 13.5. The van der Waals surface area contributed by atoms with Gasteiger partial charge in [0.25, 0.3) is 5.91 Å². The minimum absolute atomic E-state index is 0.142. The number of rotatable bonds is 4. The van der Waals surface area contributed by atoms with E-state index >= 15 is 0 Å². The Morgan fingerprint density at radius 3 is 2.83 bits per heavy atom. The first kappa shape index (κ1) is 23.3. The van der Waals surface area contributed by atoms with Crippen LogP contribution in [0.1, 0.15) is 60.5 Å². The summed E-state index contributed by atoms with van der Waals surface area (Å²) in [6.07, 6.45) is 4.52. The summed E-state index contributed by atoms with van der Waals surface area (Å²) in [6.45, 7) is 0.529. The van der Waals surface area contributed by atoms with Gasteiger partial charge in [-0.2, -0.15) is 18.3 Å². The van der Waals surface area contributed by atoms with Gasteiger partial charge in [-0.15, -0.1) is 0 Å². The SMILES string of the molecule is CC(=O)Nc1ncccc1C1=CC2C(=CC1)c1nn(C3CCCCO3)cc1C(=O)N2CC(F)(F)F. The van der Waals surface area contributed by atoms with Gasteiger partial charge in [0.1, 0.15) is 24.3 Å². The maximum Gasteiger partial charge on any atom is 0.406 e. The highest BCUT2D eigenvalue weighted by molar-refractivity contribution is 6.04. The molecule has 2 atom stereocenters. The number of amides is 2. The molecule has 0 radical (unpaired) electrons. The van der Waals surface area contributed by atoms with E-state index in [4.69, 9.17) is 4.74 Å². The number of ether oxygens (including phenoxy) is 1. The molecule has 1 fully saturated rings. The van der Waals surface area contributed by atoms with E-state index in [0.717, 1.165) is 24.2 Å². The molecule has 0 bridgehead atoms. The zero-order valence-electron chi connectivity index (χ0n) is 19.0. The van der Waals surface area contributed by atoms with Gasteiger partial charge in [-0.3, -0.25) is 9.59 Å². The topological polar surface area (TPSA) is 89.4 Å². The fourth-order valence-corrected chi connectivity index (χ4v) is 4.80. The minimum atomic E-state index is -4.58. The summed E-state index contributed by atoms with van der Waals surface area (Å²) in [5.41, 5.74) is 2.32. The number of allylic oxidation sites excluding steroid dienone is 2. The number of nitrogens with one attached hydrogen (secondary N) is 1. The summed E-state index contributed by atoms with van der Waals surface area (Å²) in [5, 5.41) is 7.25. The highest BCUT2D eigenvalue weighted by Crippen LogP contribution is 2.41. The van der Waals surface area contributed by atoms with E-state index in [2.05, 4.69) is 15.4 Å². The number of aromatic nitrogens is 3. The van der Waals surface area contributed by atoms with Crippen LogP contribution in [0, 0.1) is 0 Å². The lowest BCUT2D eigenvalue weighted by atomic mass is 9.85. The highest BCUT2D eigenvalue weighted by atomic mass is 19.4. The van der Waals surface area contributed by atoms with Crippen molar-refractivity contribution in [1.82, 2.24) is 19.7 Å². The van der Waals surface area contributed by atoms with E-state index in [9.17, 15) is 22.8 Å². The Kier molecular flexibility index (Phi) is 5.96. The van der Waals surface area contributed by atoms with Crippen LogP contribution >= 0.6 is 0 Å². The van der Waals surface area contributed by atoms with E-state index in [1.165, 1.54) is 19.3 Å². The van der Waals surface area contributed by atoms with Crippen molar-refractivity contribution in [2.75, 3.05) is 18.5 Å². The smallest absolute Gasteiger partial charge is 0.357 e. The van der Waals surface area contributed by atoms with Crippen LogP contribution in [0.15, 0.2) is 36.7 Å². The number of hydrogen-bond acceptors (Lipinski definition) is 5. The summed E-state index contributed by atoms with van der Waals surface area (Å²) in [6, 6.07) is 2.47. The van der Waals surface area contributed by atoms with Gasteiger partial charge in [0, 0.05) is 37.1 Å². The zero-order valence-corrected chi connectivity index (χ0v) is 19.0. The van der Waals surface area contributed by atoms with Crippen molar-refractivity contribution >= 4 is 28.8 Å². The molecule has 184 valence electrons. The Labute approximate surface area is 199 Å². The molecule has 1 saturated heterocycles. The van der Waals surface area contributed by atoms with E-state index in [1.54, 1.807) is 29.0 Å². The highest BCUT2D eigenvalue weighted by Gasteiger charge is 2.44. The second-order valence-corrected chi connectivity index (χ2v) is 8.82. The van der Waals surface area contributed by atoms with Gasteiger partial charge in [-0.1, -0.05) is 12.2 Å². The second kappa shape index (κ2) is 8.95. The van der Waals surface area contributed by atoms with Gasteiger partial charge in [0.2, 0.25) is 5.91 Å². The van der Waals surface area contributed by atoms with Gasteiger partial charge in [-0.25, -0.2) is 9.67 Å². The summed E-state index contributed by atoms with van der Waals surface area (Å²) in [5.74, 6) is -0.733. The molecule has 0 saturated carbocycles. The summed E-state index contributed by atoms with van der Waals surface area (Å²) >= 11 is 0. The standard InChI is InChI=1S/C24H24F3N5O3/c1-14(33)29-22-16(5-4-9-28-22)15-7-8-17-19(11-15)31(13-24(25,26)27)23(34)18-12-32(30-21(17)18)20-6-2-3-10-35-20/h4-5,8-9,11-12,19-20H,2-3,6-7,10,13H2,1H3,(H,28,29,33). The summed E-state index contributed by atoms with van der Waals surface area (Å²) in [7, 11) is 0. The van der Waals surface area contributed by atoms with Crippen molar-refractivity contribution in [3.05, 3.63) is 53.5 Å². The first-order valence-corrected chi connectivity index (χ1v) is 11.4. The largest absolute Gasteiger partial charge is 0.406 e. The summed E-state index contributed by atoms with van der Waals surface area (Å²) in [4.78, 5) is 30.0. The third kappa shape index (κ3) is 4.60. The minimum Gasteiger partial charge on any atom is -0.357 e. The molecule has 8 nitrogen and oxygen atoms in total. The van der Waals surface area contributed by atoms with Crippen LogP contribution in [-0.2, 0) is 9.53 Å². The molecule has 3 aliphatic rings. The molecule has 35 heavy (non-hydrogen) atoms. The predicted octanol–water partition coefficient (Wildman–Crippen LogP) is 4.19. The first-order valence-electron chi connectivity index (χ1n) is 11.4.